The molecule has 0 aliphatic carbocycles. The quantitative estimate of drug-likeness (QED) is 0.852. The molecular weight excluding hydrogens is 364 g/mol. The molecule has 0 atom stereocenters. The van der Waals surface area contributed by atoms with Crippen molar-refractivity contribution >= 4 is 51.3 Å². The van der Waals surface area contributed by atoms with E-state index in [0.29, 0.717) is 42.1 Å². The van der Waals surface area contributed by atoms with Gasteiger partial charge in [-0.2, -0.15) is 0 Å². The number of hydrogen-bond donors (Lipinski definition) is 2. The maximum absolute atomic E-state index is 12.5. The van der Waals surface area contributed by atoms with Crippen molar-refractivity contribution < 1.29 is 14.3 Å². The van der Waals surface area contributed by atoms with Crippen molar-refractivity contribution in [2.24, 2.45) is 0 Å². The molecule has 1 aliphatic rings. The molecule has 1 aromatic carbocycles. The highest BCUT2D eigenvalue weighted by Gasteiger charge is 2.20. The molecule has 1 saturated heterocycles. The number of nitrogens with zero attached hydrogens (tertiary/aromatic N) is 2. The van der Waals surface area contributed by atoms with Crippen LogP contribution < -0.4 is 15.5 Å². The molecular formula is C16H17ClN4O3S. The first-order chi connectivity index (χ1) is 12.0. The lowest BCUT2D eigenvalue weighted by atomic mass is 10.2. The van der Waals surface area contributed by atoms with Gasteiger partial charge >= 0.3 is 0 Å². The summed E-state index contributed by atoms with van der Waals surface area (Å²) in [5, 5.41) is 7.97. The molecule has 3 rings (SSSR count). The second kappa shape index (κ2) is 7.81. The monoisotopic (exact) mass is 380 g/mol. The van der Waals surface area contributed by atoms with E-state index in [0.717, 1.165) is 5.69 Å². The third-order valence-corrected chi connectivity index (χ3v) is 4.64. The first-order valence-electron chi connectivity index (χ1n) is 7.70. The maximum atomic E-state index is 12.5. The van der Waals surface area contributed by atoms with Gasteiger partial charge in [-0.15, -0.1) is 11.3 Å². The van der Waals surface area contributed by atoms with Gasteiger partial charge in [0.15, 0.2) is 5.13 Å². The van der Waals surface area contributed by atoms with Gasteiger partial charge in [0.05, 0.1) is 29.6 Å². The smallest absolute Gasteiger partial charge is 0.275 e. The van der Waals surface area contributed by atoms with Gasteiger partial charge in [0.1, 0.15) is 5.69 Å². The predicted octanol–water partition coefficient (Wildman–Crippen LogP) is 2.84. The Balaban J connectivity index is 1.80. The zero-order valence-electron chi connectivity index (χ0n) is 13.5. The van der Waals surface area contributed by atoms with Crippen LogP contribution in [0.3, 0.4) is 0 Å². The first-order valence-corrected chi connectivity index (χ1v) is 8.96. The lowest BCUT2D eigenvalue weighted by Crippen LogP contribution is -2.37. The normalized spacial score (nSPS) is 14.2. The number of para-hydroxylation sites is 1. The SMILES string of the molecule is CC(=O)Nc1nc(C(=O)Nc2cccc(Cl)c2N2CCOCC2)cs1. The number of anilines is 3. The summed E-state index contributed by atoms with van der Waals surface area (Å²) in [7, 11) is 0. The largest absolute Gasteiger partial charge is 0.378 e. The number of amides is 2. The number of nitrogens with one attached hydrogen (secondary N) is 2. The van der Waals surface area contributed by atoms with Gasteiger partial charge in [0, 0.05) is 25.4 Å². The van der Waals surface area contributed by atoms with E-state index >= 15 is 0 Å². The van der Waals surface area contributed by atoms with Gasteiger partial charge in [0.25, 0.3) is 5.91 Å². The molecule has 0 bridgehead atoms. The molecule has 2 amide bonds. The maximum Gasteiger partial charge on any atom is 0.275 e. The summed E-state index contributed by atoms with van der Waals surface area (Å²) < 4.78 is 5.37. The number of rotatable bonds is 4. The van der Waals surface area contributed by atoms with E-state index in [2.05, 4.69) is 20.5 Å². The summed E-state index contributed by atoms with van der Waals surface area (Å²) in [5.41, 5.74) is 1.63. The van der Waals surface area contributed by atoms with Crippen molar-refractivity contribution in [2.45, 2.75) is 6.92 Å². The molecule has 0 saturated carbocycles. The Morgan fingerprint density at radius 3 is 2.76 bits per heavy atom. The second-order valence-electron chi connectivity index (χ2n) is 5.41. The van der Waals surface area contributed by atoms with Gasteiger partial charge in [-0.1, -0.05) is 17.7 Å². The van der Waals surface area contributed by atoms with Crippen LogP contribution in [-0.2, 0) is 9.53 Å². The molecule has 2 heterocycles. The molecule has 2 aromatic rings. The van der Waals surface area contributed by atoms with Crippen LogP contribution in [0.2, 0.25) is 5.02 Å². The highest BCUT2D eigenvalue weighted by atomic mass is 35.5. The molecule has 0 spiro atoms. The van der Waals surface area contributed by atoms with Gasteiger partial charge < -0.3 is 20.3 Å². The minimum Gasteiger partial charge on any atom is -0.378 e. The van der Waals surface area contributed by atoms with E-state index in [9.17, 15) is 9.59 Å². The highest BCUT2D eigenvalue weighted by Crippen LogP contribution is 2.34. The van der Waals surface area contributed by atoms with Crippen LogP contribution in [0.15, 0.2) is 23.6 Å². The lowest BCUT2D eigenvalue weighted by Gasteiger charge is -2.31. The molecule has 7 nitrogen and oxygen atoms in total. The zero-order valence-corrected chi connectivity index (χ0v) is 15.1. The summed E-state index contributed by atoms with van der Waals surface area (Å²) >= 11 is 7.55. The minimum absolute atomic E-state index is 0.231. The van der Waals surface area contributed by atoms with Crippen molar-refractivity contribution in [3.05, 3.63) is 34.3 Å². The molecule has 2 N–H and O–H groups in total. The molecule has 132 valence electrons. The number of morpholine rings is 1. The van der Waals surface area contributed by atoms with Crippen LogP contribution in [0.25, 0.3) is 0 Å². The topological polar surface area (TPSA) is 83.6 Å². The number of hydrogen-bond acceptors (Lipinski definition) is 6. The second-order valence-corrected chi connectivity index (χ2v) is 6.67. The molecule has 0 unspecified atom stereocenters. The first kappa shape index (κ1) is 17.7. The van der Waals surface area contributed by atoms with Crippen LogP contribution in [0.5, 0.6) is 0 Å². The van der Waals surface area contributed by atoms with Crippen LogP contribution >= 0.6 is 22.9 Å². The predicted molar refractivity (Wildman–Crippen MR) is 98.9 cm³/mol. The summed E-state index contributed by atoms with van der Waals surface area (Å²) in [6.07, 6.45) is 0. The molecule has 9 heteroatoms. The number of benzene rings is 1. The Labute approximate surface area is 153 Å². The standard InChI is InChI=1S/C16H17ClN4O3S/c1-10(22)18-16-20-13(9-25-16)15(23)19-12-4-2-3-11(17)14(12)21-5-7-24-8-6-21/h2-4,9H,5-8H2,1H3,(H,19,23)(H,18,20,22). The van der Waals surface area contributed by atoms with Crippen LogP contribution in [0.4, 0.5) is 16.5 Å². The number of carbonyl (C=O) groups excluding carboxylic acids is 2. The van der Waals surface area contributed by atoms with Crippen LogP contribution in [0, 0.1) is 0 Å². The van der Waals surface area contributed by atoms with E-state index in [-0.39, 0.29) is 17.5 Å². The fourth-order valence-electron chi connectivity index (χ4n) is 2.50. The fourth-order valence-corrected chi connectivity index (χ4v) is 3.53. The van der Waals surface area contributed by atoms with E-state index < -0.39 is 0 Å². The van der Waals surface area contributed by atoms with Gasteiger partial charge in [-0.25, -0.2) is 4.98 Å². The van der Waals surface area contributed by atoms with Crippen molar-refractivity contribution in [3.8, 4) is 0 Å². The molecule has 25 heavy (non-hydrogen) atoms. The number of halogens is 1. The molecule has 1 aromatic heterocycles. The minimum atomic E-state index is -0.357. The van der Waals surface area contributed by atoms with Crippen molar-refractivity contribution in [3.63, 3.8) is 0 Å². The number of thiazole rings is 1. The average molecular weight is 381 g/mol. The molecule has 0 radical (unpaired) electrons. The number of ether oxygens (including phenoxy) is 1. The van der Waals surface area contributed by atoms with Crippen LogP contribution in [-0.4, -0.2) is 43.1 Å². The van der Waals surface area contributed by atoms with Gasteiger partial charge in [-0.3, -0.25) is 9.59 Å². The Bertz CT molecular complexity index is 789. The third kappa shape index (κ3) is 4.28. The van der Waals surface area contributed by atoms with Crippen LogP contribution in [0.1, 0.15) is 17.4 Å². The van der Waals surface area contributed by atoms with Crippen molar-refractivity contribution in [2.75, 3.05) is 41.8 Å². The number of carbonyl (C=O) groups is 2. The Kier molecular flexibility index (Phi) is 5.52. The van der Waals surface area contributed by atoms with Gasteiger partial charge in [0.2, 0.25) is 5.91 Å². The van der Waals surface area contributed by atoms with Crippen molar-refractivity contribution in [1.82, 2.24) is 4.98 Å². The molecule has 1 aliphatic heterocycles. The summed E-state index contributed by atoms with van der Waals surface area (Å²) in [5.74, 6) is -0.588. The average Bonchev–Trinajstić information content (AvgIpc) is 3.03. The summed E-state index contributed by atoms with van der Waals surface area (Å²) in [6.45, 7) is 4.03. The Morgan fingerprint density at radius 1 is 1.28 bits per heavy atom. The molecule has 1 fully saturated rings. The van der Waals surface area contributed by atoms with E-state index in [4.69, 9.17) is 16.3 Å². The lowest BCUT2D eigenvalue weighted by molar-refractivity contribution is -0.114. The van der Waals surface area contributed by atoms with E-state index in [1.54, 1.807) is 23.6 Å². The Hall–Kier alpha value is -2.16. The van der Waals surface area contributed by atoms with E-state index in [1.807, 2.05) is 0 Å². The third-order valence-electron chi connectivity index (χ3n) is 3.58. The fraction of sp³-hybridized carbons (Fsp3) is 0.312. The van der Waals surface area contributed by atoms with Crippen molar-refractivity contribution in [1.29, 1.82) is 0 Å². The highest BCUT2D eigenvalue weighted by molar-refractivity contribution is 7.14. The Morgan fingerprint density at radius 2 is 2.04 bits per heavy atom. The summed E-state index contributed by atoms with van der Waals surface area (Å²) in [6, 6.07) is 5.38. The summed E-state index contributed by atoms with van der Waals surface area (Å²) in [4.78, 5) is 29.8. The van der Waals surface area contributed by atoms with Gasteiger partial charge in [-0.05, 0) is 12.1 Å². The number of aromatic nitrogens is 1. The van der Waals surface area contributed by atoms with E-state index in [1.165, 1.54) is 18.3 Å². The zero-order chi connectivity index (χ0) is 17.8.